The van der Waals surface area contributed by atoms with Crippen molar-refractivity contribution in [2.75, 3.05) is 13.1 Å². The fourth-order valence-corrected chi connectivity index (χ4v) is 2.25. The molecule has 17 heavy (non-hydrogen) atoms. The lowest BCUT2D eigenvalue weighted by Crippen LogP contribution is -2.42. The molecule has 1 saturated heterocycles. The van der Waals surface area contributed by atoms with Crippen LogP contribution in [0.2, 0.25) is 0 Å². The van der Waals surface area contributed by atoms with Crippen LogP contribution in [-0.4, -0.2) is 23.9 Å². The number of benzene rings is 1. The highest BCUT2D eigenvalue weighted by atomic mass is 15.4. The second-order valence-electron chi connectivity index (χ2n) is 4.74. The smallest absolute Gasteiger partial charge is 0.115 e. The molecule has 0 amide bonds. The van der Waals surface area contributed by atoms with Crippen LogP contribution in [0.1, 0.15) is 12.5 Å². The standard InChI is InChI=1S/C13H20N4/c1-10-7-16-8-12(10)13(14)17(15)9-11-5-3-2-4-6-11/h2-6,10,12,14,16H,7-9,15H2,1H3/t10-,12-/m1/s1. The van der Waals surface area contributed by atoms with E-state index in [0.29, 0.717) is 18.3 Å². The van der Waals surface area contributed by atoms with E-state index in [2.05, 4.69) is 12.2 Å². The van der Waals surface area contributed by atoms with Gasteiger partial charge in [-0.25, -0.2) is 5.84 Å². The van der Waals surface area contributed by atoms with Crippen LogP contribution in [0, 0.1) is 17.2 Å². The molecule has 0 aliphatic carbocycles. The van der Waals surface area contributed by atoms with Gasteiger partial charge in [0.2, 0.25) is 0 Å². The SMILES string of the molecule is C[C@@H]1CNC[C@H]1C(=N)N(N)Cc1ccccc1. The molecule has 0 bridgehead atoms. The number of amidine groups is 1. The number of nitrogens with two attached hydrogens (primary N) is 1. The monoisotopic (exact) mass is 232 g/mol. The third-order valence-electron chi connectivity index (χ3n) is 3.37. The van der Waals surface area contributed by atoms with Crippen LogP contribution in [-0.2, 0) is 6.54 Å². The Bertz CT molecular complexity index is 376. The maximum atomic E-state index is 8.13. The zero-order valence-corrected chi connectivity index (χ0v) is 10.2. The van der Waals surface area contributed by atoms with Crippen LogP contribution in [0.3, 0.4) is 0 Å². The minimum absolute atomic E-state index is 0.240. The predicted octanol–water partition coefficient (Wildman–Crippen LogP) is 1.20. The summed E-state index contributed by atoms with van der Waals surface area (Å²) in [5.41, 5.74) is 1.14. The molecule has 0 saturated carbocycles. The molecule has 1 aliphatic heterocycles. The summed E-state index contributed by atoms with van der Waals surface area (Å²) in [4.78, 5) is 0. The van der Waals surface area contributed by atoms with Crippen molar-refractivity contribution in [3.8, 4) is 0 Å². The Hall–Kier alpha value is -1.39. The van der Waals surface area contributed by atoms with Gasteiger partial charge in [0.25, 0.3) is 0 Å². The molecule has 2 atom stereocenters. The van der Waals surface area contributed by atoms with Gasteiger partial charge in [-0.2, -0.15) is 0 Å². The molecule has 1 fully saturated rings. The molecule has 92 valence electrons. The van der Waals surface area contributed by atoms with Crippen molar-refractivity contribution >= 4 is 5.84 Å². The third-order valence-corrected chi connectivity index (χ3v) is 3.37. The van der Waals surface area contributed by atoms with Gasteiger partial charge < -0.3 is 5.32 Å². The first-order valence-electron chi connectivity index (χ1n) is 6.04. The molecule has 0 radical (unpaired) electrons. The molecule has 1 aliphatic rings. The molecule has 1 aromatic rings. The molecular weight excluding hydrogens is 212 g/mol. The Morgan fingerprint density at radius 3 is 2.71 bits per heavy atom. The Kier molecular flexibility index (Phi) is 3.76. The van der Waals surface area contributed by atoms with Gasteiger partial charge in [-0.1, -0.05) is 37.3 Å². The van der Waals surface area contributed by atoms with Crippen molar-refractivity contribution in [2.45, 2.75) is 13.5 Å². The highest BCUT2D eigenvalue weighted by Crippen LogP contribution is 2.18. The zero-order valence-electron chi connectivity index (χ0n) is 10.2. The van der Waals surface area contributed by atoms with Crippen molar-refractivity contribution < 1.29 is 0 Å². The summed E-state index contributed by atoms with van der Waals surface area (Å²) in [6.45, 7) is 4.60. The van der Waals surface area contributed by atoms with Gasteiger partial charge in [0, 0.05) is 12.5 Å². The normalized spacial score (nSPS) is 23.6. The summed E-state index contributed by atoms with van der Waals surface area (Å²) < 4.78 is 0. The van der Waals surface area contributed by atoms with E-state index in [-0.39, 0.29) is 5.92 Å². The Morgan fingerprint density at radius 1 is 1.41 bits per heavy atom. The lowest BCUT2D eigenvalue weighted by molar-refractivity contribution is 0.386. The van der Waals surface area contributed by atoms with Gasteiger partial charge in [-0.3, -0.25) is 10.4 Å². The lowest BCUT2D eigenvalue weighted by Gasteiger charge is -2.25. The number of hydrogen-bond acceptors (Lipinski definition) is 3. The largest absolute Gasteiger partial charge is 0.316 e. The van der Waals surface area contributed by atoms with Crippen molar-refractivity contribution in [2.24, 2.45) is 17.7 Å². The maximum absolute atomic E-state index is 8.13. The van der Waals surface area contributed by atoms with Crippen molar-refractivity contribution in [3.63, 3.8) is 0 Å². The quantitative estimate of drug-likeness (QED) is 0.317. The second kappa shape index (κ2) is 5.29. The van der Waals surface area contributed by atoms with Gasteiger partial charge in [0.1, 0.15) is 5.84 Å². The summed E-state index contributed by atoms with van der Waals surface area (Å²) in [7, 11) is 0. The first kappa shape index (κ1) is 12.1. The average molecular weight is 232 g/mol. The van der Waals surface area contributed by atoms with E-state index in [9.17, 15) is 0 Å². The minimum atomic E-state index is 0.240. The fraction of sp³-hybridized carbons (Fsp3) is 0.462. The van der Waals surface area contributed by atoms with Gasteiger partial charge in [0.15, 0.2) is 0 Å². The summed E-state index contributed by atoms with van der Waals surface area (Å²) in [6, 6.07) is 10.0. The first-order chi connectivity index (χ1) is 8.18. The number of rotatable bonds is 3. The van der Waals surface area contributed by atoms with Crippen LogP contribution >= 0.6 is 0 Å². The highest BCUT2D eigenvalue weighted by Gasteiger charge is 2.29. The van der Waals surface area contributed by atoms with Crippen LogP contribution in [0.15, 0.2) is 30.3 Å². The molecule has 0 spiro atoms. The first-order valence-corrected chi connectivity index (χ1v) is 6.04. The van der Waals surface area contributed by atoms with Gasteiger partial charge in [-0.15, -0.1) is 0 Å². The Morgan fingerprint density at radius 2 is 2.12 bits per heavy atom. The van der Waals surface area contributed by atoms with E-state index in [1.54, 1.807) is 5.01 Å². The summed E-state index contributed by atoms with van der Waals surface area (Å²) >= 11 is 0. The number of hydrogen-bond donors (Lipinski definition) is 3. The molecule has 0 aromatic heterocycles. The topological polar surface area (TPSA) is 65.1 Å². The van der Waals surface area contributed by atoms with Crippen LogP contribution in [0.25, 0.3) is 0 Å². The lowest BCUT2D eigenvalue weighted by atomic mass is 9.96. The molecule has 4 N–H and O–H groups in total. The predicted molar refractivity (Wildman–Crippen MR) is 69.4 cm³/mol. The minimum Gasteiger partial charge on any atom is -0.316 e. The summed E-state index contributed by atoms with van der Waals surface area (Å²) in [5.74, 6) is 7.24. The zero-order chi connectivity index (χ0) is 12.3. The van der Waals surface area contributed by atoms with Gasteiger partial charge in [0.05, 0.1) is 6.54 Å². The number of hydrazine groups is 1. The van der Waals surface area contributed by atoms with E-state index >= 15 is 0 Å². The average Bonchev–Trinajstić information content (AvgIpc) is 2.76. The molecule has 2 rings (SSSR count). The molecule has 4 nitrogen and oxygen atoms in total. The van der Waals surface area contributed by atoms with E-state index in [0.717, 1.165) is 18.7 Å². The maximum Gasteiger partial charge on any atom is 0.115 e. The van der Waals surface area contributed by atoms with Crippen LogP contribution in [0.4, 0.5) is 0 Å². The van der Waals surface area contributed by atoms with Crippen molar-refractivity contribution in [1.29, 1.82) is 5.41 Å². The molecular formula is C13H20N4. The molecule has 0 unspecified atom stereocenters. The van der Waals surface area contributed by atoms with E-state index in [4.69, 9.17) is 11.3 Å². The summed E-state index contributed by atoms with van der Waals surface area (Å²) in [5, 5.41) is 13.0. The van der Waals surface area contributed by atoms with Gasteiger partial charge >= 0.3 is 0 Å². The van der Waals surface area contributed by atoms with Crippen LogP contribution < -0.4 is 11.2 Å². The van der Waals surface area contributed by atoms with E-state index < -0.39 is 0 Å². The van der Waals surface area contributed by atoms with Crippen molar-refractivity contribution in [3.05, 3.63) is 35.9 Å². The number of nitrogens with one attached hydrogen (secondary N) is 2. The fourth-order valence-electron chi connectivity index (χ4n) is 2.25. The van der Waals surface area contributed by atoms with Gasteiger partial charge in [-0.05, 0) is 18.0 Å². The second-order valence-corrected chi connectivity index (χ2v) is 4.74. The Labute approximate surface area is 102 Å². The Balaban J connectivity index is 1.96. The molecule has 1 aromatic carbocycles. The van der Waals surface area contributed by atoms with E-state index in [1.807, 2.05) is 30.3 Å². The molecule has 4 heteroatoms. The van der Waals surface area contributed by atoms with Crippen LogP contribution in [0.5, 0.6) is 0 Å². The third kappa shape index (κ3) is 2.84. The van der Waals surface area contributed by atoms with E-state index in [1.165, 1.54) is 0 Å². The molecule has 1 heterocycles. The number of nitrogens with zero attached hydrogens (tertiary/aromatic N) is 1. The highest BCUT2D eigenvalue weighted by molar-refractivity contribution is 5.82. The summed E-state index contributed by atoms with van der Waals surface area (Å²) in [6.07, 6.45) is 0. The van der Waals surface area contributed by atoms with Crippen molar-refractivity contribution in [1.82, 2.24) is 10.3 Å².